The maximum absolute atomic E-state index is 11.7. The predicted octanol–water partition coefficient (Wildman–Crippen LogP) is 0.637. The van der Waals surface area contributed by atoms with Gasteiger partial charge in [0.25, 0.3) is 5.56 Å². The normalized spacial score (nSPS) is 19.3. The van der Waals surface area contributed by atoms with E-state index in [1.807, 2.05) is 13.8 Å². The maximum atomic E-state index is 11.7. The van der Waals surface area contributed by atoms with Crippen LogP contribution >= 0.6 is 11.8 Å². The molecule has 0 spiro atoms. The van der Waals surface area contributed by atoms with E-state index in [4.69, 9.17) is 5.73 Å². The van der Waals surface area contributed by atoms with Gasteiger partial charge in [0.05, 0.1) is 5.54 Å². The van der Waals surface area contributed by atoms with Crippen molar-refractivity contribution >= 4 is 17.7 Å². The molecule has 0 bridgehead atoms. The number of H-pyrrole nitrogens is 1. The van der Waals surface area contributed by atoms with Gasteiger partial charge in [0.1, 0.15) is 0 Å². The molecule has 1 aromatic heterocycles. The van der Waals surface area contributed by atoms with Crippen molar-refractivity contribution in [1.82, 2.24) is 15.3 Å². The summed E-state index contributed by atoms with van der Waals surface area (Å²) in [7, 11) is 0. The van der Waals surface area contributed by atoms with Gasteiger partial charge in [0, 0.05) is 23.6 Å². The van der Waals surface area contributed by atoms with E-state index in [9.17, 15) is 9.59 Å². The van der Waals surface area contributed by atoms with Crippen molar-refractivity contribution < 1.29 is 4.79 Å². The number of aromatic nitrogens is 2. The minimum absolute atomic E-state index is 0.101. The Morgan fingerprint density at radius 2 is 2.40 bits per heavy atom. The molecule has 2 atom stereocenters. The first-order valence-electron chi connectivity index (χ1n) is 6.68. The van der Waals surface area contributed by atoms with Crippen LogP contribution in [0, 0.1) is 0 Å². The Kier molecular flexibility index (Phi) is 4.49. The van der Waals surface area contributed by atoms with E-state index < -0.39 is 5.54 Å². The third-order valence-electron chi connectivity index (χ3n) is 3.30. The molecule has 2 rings (SSSR count). The summed E-state index contributed by atoms with van der Waals surface area (Å²) in [6, 6.07) is 1.77. The fraction of sp³-hybridized carbons (Fsp3) is 0.615. The summed E-state index contributed by atoms with van der Waals surface area (Å²) in [4.78, 5) is 29.7. The minimum Gasteiger partial charge on any atom is -0.368 e. The fourth-order valence-corrected chi connectivity index (χ4v) is 3.21. The van der Waals surface area contributed by atoms with Crippen molar-refractivity contribution in [3.05, 3.63) is 22.6 Å². The number of nitrogens with two attached hydrogens (primary N) is 1. The van der Waals surface area contributed by atoms with Crippen LogP contribution in [0.2, 0.25) is 0 Å². The molecule has 1 fully saturated rings. The van der Waals surface area contributed by atoms with Crippen LogP contribution in [0.15, 0.2) is 22.2 Å². The van der Waals surface area contributed by atoms with Crippen LogP contribution in [0.3, 0.4) is 0 Å². The number of nitrogens with one attached hydrogen (secondary N) is 2. The lowest BCUT2D eigenvalue weighted by Crippen LogP contribution is -2.55. The highest BCUT2D eigenvalue weighted by Crippen LogP contribution is 2.29. The highest BCUT2D eigenvalue weighted by molar-refractivity contribution is 7.99. The topological polar surface area (TPSA) is 101 Å². The smallest absolute Gasteiger partial charge is 0.251 e. The Labute approximate surface area is 121 Å². The summed E-state index contributed by atoms with van der Waals surface area (Å²) in [5, 5.41) is 3.97. The second-order valence-corrected chi connectivity index (χ2v) is 6.91. The third kappa shape index (κ3) is 4.08. The van der Waals surface area contributed by atoms with Gasteiger partial charge in [-0.25, -0.2) is 4.98 Å². The molecule has 2 unspecified atom stereocenters. The number of nitrogens with zero attached hydrogens (tertiary/aromatic N) is 1. The number of carbonyl (C=O) groups excluding carboxylic acids is 1. The van der Waals surface area contributed by atoms with E-state index in [1.165, 1.54) is 24.0 Å². The average Bonchev–Trinajstić information content (AvgIpc) is 3.12. The van der Waals surface area contributed by atoms with Crippen LogP contribution in [0.5, 0.6) is 0 Å². The van der Waals surface area contributed by atoms with Gasteiger partial charge in [-0.1, -0.05) is 18.7 Å². The van der Waals surface area contributed by atoms with Crippen molar-refractivity contribution in [2.75, 3.05) is 0 Å². The molecule has 7 heteroatoms. The monoisotopic (exact) mass is 296 g/mol. The van der Waals surface area contributed by atoms with E-state index in [1.54, 1.807) is 0 Å². The first-order valence-corrected chi connectivity index (χ1v) is 7.56. The number of thioether (sulfide) groups is 1. The molecule has 6 nitrogen and oxygen atoms in total. The zero-order valence-electron chi connectivity index (χ0n) is 11.7. The van der Waals surface area contributed by atoms with Gasteiger partial charge >= 0.3 is 0 Å². The van der Waals surface area contributed by atoms with Gasteiger partial charge in [0.2, 0.25) is 5.91 Å². The molecular weight excluding hydrogens is 276 g/mol. The summed E-state index contributed by atoms with van der Waals surface area (Å²) in [6.45, 7) is 3.83. The summed E-state index contributed by atoms with van der Waals surface area (Å²) >= 11 is 1.44. The zero-order chi connectivity index (χ0) is 14.8. The van der Waals surface area contributed by atoms with Crippen LogP contribution < -0.4 is 16.6 Å². The lowest BCUT2D eigenvalue weighted by atomic mass is 9.95. The Balaban J connectivity index is 1.99. The van der Waals surface area contributed by atoms with Gasteiger partial charge in [-0.2, -0.15) is 0 Å². The zero-order valence-corrected chi connectivity index (χ0v) is 12.5. The highest BCUT2D eigenvalue weighted by Gasteiger charge is 2.38. The molecule has 1 aliphatic rings. The molecular formula is C13H20N4O2S. The first kappa shape index (κ1) is 15.1. The predicted molar refractivity (Wildman–Crippen MR) is 78.6 cm³/mol. The molecule has 110 valence electrons. The Morgan fingerprint density at radius 1 is 1.70 bits per heavy atom. The summed E-state index contributed by atoms with van der Waals surface area (Å²) < 4.78 is 0. The molecule has 0 aromatic carbocycles. The molecule has 1 aliphatic carbocycles. The lowest BCUT2D eigenvalue weighted by Gasteiger charge is -2.30. The Hall–Kier alpha value is -1.34. The fourth-order valence-electron chi connectivity index (χ4n) is 2.13. The summed E-state index contributed by atoms with van der Waals surface area (Å²) in [6.07, 6.45) is 4.25. The largest absolute Gasteiger partial charge is 0.368 e. The van der Waals surface area contributed by atoms with Crippen molar-refractivity contribution in [2.45, 2.75) is 55.1 Å². The summed E-state index contributed by atoms with van der Waals surface area (Å²) in [5.74, 6) is -0.341. The van der Waals surface area contributed by atoms with Gasteiger partial charge in [-0.15, -0.1) is 0 Å². The third-order valence-corrected chi connectivity index (χ3v) is 4.30. The van der Waals surface area contributed by atoms with E-state index in [0.29, 0.717) is 17.6 Å². The number of rotatable bonds is 7. The molecule has 1 amide bonds. The quantitative estimate of drug-likeness (QED) is 0.506. The number of hydrogen-bond acceptors (Lipinski definition) is 5. The molecule has 1 heterocycles. The highest BCUT2D eigenvalue weighted by atomic mass is 32.2. The van der Waals surface area contributed by atoms with Crippen molar-refractivity contribution in [2.24, 2.45) is 5.73 Å². The average molecular weight is 296 g/mol. The molecule has 1 aromatic rings. The van der Waals surface area contributed by atoms with E-state index >= 15 is 0 Å². The van der Waals surface area contributed by atoms with Crippen LogP contribution in [0.1, 0.15) is 33.1 Å². The van der Waals surface area contributed by atoms with Crippen LogP contribution in [-0.2, 0) is 4.79 Å². The SMILES string of the molecule is CC(CC(C)(NC1CC1)C(N)=O)Sc1nccc(=O)[nH]1. The van der Waals surface area contributed by atoms with Gasteiger partial charge in [-0.3, -0.25) is 9.59 Å². The maximum Gasteiger partial charge on any atom is 0.251 e. The second kappa shape index (κ2) is 5.97. The minimum atomic E-state index is -0.720. The summed E-state index contributed by atoms with van der Waals surface area (Å²) in [5.41, 5.74) is 4.63. The van der Waals surface area contributed by atoms with Gasteiger partial charge in [-0.05, 0) is 26.2 Å². The van der Waals surface area contributed by atoms with E-state index in [-0.39, 0.29) is 16.7 Å². The molecule has 20 heavy (non-hydrogen) atoms. The van der Waals surface area contributed by atoms with E-state index in [2.05, 4.69) is 15.3 Å². The number of carbonyl (C=O) groups is 1. The van der Waals surface area contributed by atoms with Crippen molar-refractivity contribution in [1.29, 1.82) is 0 Å². The second-order valence-electron chi connectivity index (χ2n) is 5.49. The molecule has 4 N–H and O–H groups in total. The van der Waals surface area contributed by atoms with Gasteiger partial charge < -0.3 is 16.0 Å². The molecule has 1 saturated carbocycles. The van der Waals surface area contributed by atoms with E-state index in [0.717, 1.165) is 12.8 Å². The number of hydrogen-bond donors (Lipinski definition) is 3. The Bertz CT molecular complexity index is 543. The number of aromatic amines is 1. The first-order chi connectivity index (χ1) is 9.39. The molecule has 0 radical (unpaired) electrons. The Morgan fingerprint density at radius 3 is 2.95 bits per heavy atom. The molecule has 0 aliphatic heterocycles. The lowest BCUT2D eigenvalue weighted by molar-refractivity contribution is -0.124. The number of amides is 1. The molecule has 0 saturated heterocycles. The van der Waals surface area contributed by atoms with Crippen molar-refractivity contribution in [3.8, 4) is 0 Å². The van der Waals surface area contributed by atoms with Crippen LogP contribution in [0.25, 0.3) is 0 Å². The van der Waals surface area contributed by atoms with Crippen LogP contribution in [0.4, 0.5) is 0 Å². The van der Waals surface area contributed by atoms with Crippen molar-refractivity contribution in [3.63, 3.8) is 0 Å². The number of primary amides is 1. The van der Waals surface area contributed by atoms with Gasteiger partial charge in [0.15, 0.2) is 5.16 Å². The standard InChI is InChI=1S/C13H20N4O2S/c1-8(20-12-15-6-5-10(18)16-12)7-13(2,11(14)19)17-9-3-4-9/h5-6,8-9,17H,3-4,7H2,1-2H3,(H2,14,19)(H,15,16,18). The van der Waals surface area contributed by atoms with Crippen LogP contribution in [-0.4, -0.2) is 32.7 Å².